The predicted octanol–water partition coefficient (Wildman–Crippen LogP) is 0.408. The van der Waals surface area contributed by atoms with Crippen molar-refractivity contribution in [2.24, 2.45) is 34.8 Å². The summed E-state index contributed by atoms with van der Waals surface area (Å²) in [5.41, 5.74) is 22.3. The molecule has 0 rings (SSSR count). The Balaban J connectivity index is 4.52. The summed E-state index contributed by atoms with van der Waals surface area (Å²) in [6, 6.07) is 0. The maximum atomic E-state index is 6.27. The Kier molecular flexibility index (Phi) is 8.08. The van der Waals surface area contributed by atoms with E-state index in [9.17, 15) is 0 Å². The molecule has 0 aromatic carbocycles. The van der Waals surface area contributed by atoms with E-state index in [1.165, 1.54) is 0 Å². The summed E-state index contributed by atoms with van der Waals surface area (Å²) >= 11 is 0. The van der Waals surface area contributed by atoms with Crippen molar-refractivity contribution in [1.29, 1.82) is 0 Å². The summed E-state index contributed by atoms with van der Waals surface area (Å²) in [6.07, 6.45) is 1.72. The summed E-state index contributed by atoms with van der Waals surface area (Å²) in [4.78, 5) is 0. The Morgan fingerprint density at radius 1 is 0.684 bits per heavy atom. The van der Waals surface area contributed by atoms with Gasteiger partial charge in [0.25, 0.3) is 0 Å². The minimum Gasteiger partial charge on any atom is -0.370 e. The van der Waals surface area contributed by atoms with Crippen LogP contribution in [-0.2, 0) is 4.74 Å². The molecule has 116 valence electrons. The van der Waals surface area contributed by atoms with Gasteiger partial charge in [0.2, 0.25) is 0 Å². The molecule has 8 N–H and O–H groups in total. The second-order valence-electron chi connectivity index (χ2n) is 6.70. The van der Waals surface area contributed by atoms with Crippen molar-refractivity contribution in [3.63, 3.8) is 0 Å². The maximum absolute atomic E-state index is 6.27. The van der Waals surface area contributed by atoms with Gasteiger partial charge < -0.3 is 27.7 Å². The van der Waals surface area contributed by atoms with Crippen LogP contribution < -0.4 is 22.9 Å². The molecule has 0 aliphatic heterocycles. The lowest BCUT2D eigenvalue weighted by Gasteiger charge is -2.39. The molecule has 0 bridgehead atoms. The Bertz CT molecular complexity index is 212. The molecule has 0 aromatic rings. The molecule has 5 heteroatoms. The highest BCUT2D eigenvalue weighted by Crippen LogP contribution is 2.30. The molecule has 0 fully saturated rings. The zero-order chi connectivity index (χ0) is 15.1. The van der Waals surface area contributed by atoms with Crippen LogP contribution in [0.15, 0.2) is 0 Å². The standard InChI is InChI=1S/C14H34N4O/c1-13(2,5-11(7-15)8-16)19-14(3,4)6-12(9-17)10-18/h11-12H,5-10,15-18H2,1-4H3. The number of hydrogen-bond acceptors (Lipinski definition) is 5. The van der Waals surface area contributed by atoms with Crippen LogP contribution in [-0.4, -0.2) is 37.4 Å². The normalized spacial score (nSPS) is 13.6. The molecule has 0 heterocycles. The van der Waals surface area contributed by atoms with Gasteiger partial charge in [0, 0.05) is 0 Å². The van der Waals surface area contributed by atoms with E-state index in [1.54, 1.807) is 0 Å². The quantitative estimate of drug-likeness (QED) is 0.461. The summed E-state index contributed by atoms with van der Waals surface area (Å²) in [5.74, 6) is 0.594. The Labute approximate surface area is 118 Å². The summed E-state index contributed by atoms with van der Waals surface area (Å²) in [7, 11) is 0. The van der Waals surface area contributed by atoms with Crippen molar-refractivity contribution in [2.45, 2.75) is 51.7 Å². The first-order valence-electron chi connectivity index (χ1n) is 7.20. The molecular formula is C14H34N4O. The van der Waals surface area contributed by atoms with E-state index in [-0.39, 0.29) is 11.2 Å². The highest BCUT2D eigenvalue weighted by molar-refractivity contribution is 4.83. The number of hydrogen-bond donors (Lipinski definition) is 4. The summed E-state index contributed by atoms with van der Waals surface area (Å²) in [6.45, 7) is 10.7. The molecular weight excluding hydrogens is 240 g/mol. The van der Waals surface area contributed by atoms with Crippen LogP contribution >= 0.6 is 0 Å². The smallest absolute Gasteiger partial charge is 0.0637 e. The number of ether oxygens (including phenoxy) is 1. The van der Waals surface area contributed by atoms with E-state index in [2.05, 4.69) is 27.7 Å². The van der Waals surface area contributed by atoms with Crippen LogP contribution in [0, 0.1) is 11.8 Å². The third-order valence-corrected chi connectivity index (χ3v) is 3.45. The molecule has 0 saturated heterocycles. The third kappa shape index (κ3) is 7.84. The SMILES string of the molecule is CC(C)(CC(CN)CN)OC(C)(C)CC(CN)CN. The van der Waals surface area contributed by atoms with Crippen molar-refractivity contribution in [3.05, 3.63) is 0 Å². The first-order valence-corrected chi connectivity index (χ1v) is 7.20. The molecule has 0 unspecified atom stereocenters. The number of nitrogens with two attached hydrogens (primary N) is 4. The lowest BCUT2D eigenvalue weighted by atomic mass is 9.89. The maximum Gasteiger partial charge on any atom is 0.0637 e. The van der Waals surface area contributed by atoms with Crippen LogP contribution in [0.4, 0.5) is 0 Å². The Morgan fingerprint density at radius 3 is 1.16 bits per heavy atom. The van der Waals surface area contributed by atoms with Crippen molar-refractivity contribution in [1.82, 2.24) is 0 Å². The van der Waals surface area contributed by atoms with Gasteiger partial charge in [0.05, 0.1) is 11.2 Å². The molecule has 0 aromatic heterocycles. The minimum atomic E-state index is -0.249. The molecule has 0 amide bonds. The molecule has 0 saturated carbocycles. The van der Waals surface area contributed by atoms with Crippen LogP contribution in [0.5, 0.6) is 0 Å². The molecule has 19 heavy (non-hydrogen) atoms. The zero-order valence-electron chi connectivity index (χ0n) is 13.1. The molecule has 0 atom stereocenters. The Morgan fingerprint density at radius 2 is 0.947 bits per heavy atom. The van der Waals surface area contributed by atoms with E-state index < -0.39 is 0 Å². The average molecular weight is 274 g/mol. The van der Waals surface area contributed by atoms with Gasteiger partial charge in [0.1, 0.15) is 0 Å². The fraction of sp³-hybridized carbons (Fsp3) is 1.00. The first-order chi connectivity index (χ1) is 8.69. The van der Waals surface area contributed by atoms with Gasteiger partial charge in [-0.25, -0.2) is 0 Å². The first kappa shape index (κ1) is 18.8. The monoisotopic (exact) mass is 274 g/mol. The van der Waals surface area contributed by atoms with Gasteiger partial charge in [-0.3, -0.25) is 0 Å². The summed E-state index contributed by atoms with van der Waals surface area (Å²) in [5, 5.41) is 0. The van der Waals surface area contributed by atoms with E-state index >= 15 is 0 Å². The molecule has 0 aliphatic rings. The van der Waals surface area contributed by atoms with Gasteiger partial charge in [-0.05, 0) is 78.6 Å². The minimum absolute atomic E-state index is 0.249. The van der Waals surface area contributed by atoms with E-state index in [0.717, 1.165) is 12.8 Å². The lowest BCUT2D eigenvalue weighted by Crippen LogP contribution is -2.43. The highest BCUT2D eigenvalue weighted by Gasteiger charge is 2.32. The molecule has 0 spiro atoms. The van der Waals surface area contributed by atoms with Gasteiger partial charge in [-0.15, -0.1) is 0 Å². The fourth-order valence-electron chi connectivity index (χ4n) is 2.75. The van der Waals surface area contributed by atoms with Gasteiger partial charge in [-0.1, -0.05) is 0 Å². The highest BCUT2D eigenvalue weighted by atomic mass is 16.5. The second-order valence-corrected chi connectivity index (χ2v) is 6.70. The zero-order valence-corrected chi connectivity index (χ0v) is 13.1. The molecule has 0 radical (unpaired) electrons. The lowest BCUT2D eigenvalue weighted by molar-refractivity contribution is -0.138. The van der Waals surface area contributed by atoms with Crippen LogP contribution in [0.1, 0.15) is 40.5 Å². The second kappa shape index (κ2) is 8.17. The fourth-order valence-corrected chi connectivity index (χ4v) is 2.75. The van der Waals surface area contributed by atoms with E-state index in [0.29, 0.717) is 38.0 Å². The van der Waals surface area contributed by atoms with Crippen molar-refractivity contribution in [3.8, 4) is 0 Å². The molecule has 0 aliphatic carbocycles. The topological polar surface area (TPSA) is 113 Å². The molecule has 5 nitrogen and oxygen atoms in total. The van der Waals surface area contributed by atoms with Crippen LogP contribution in [0.3, 0.4) is 0 Å². The summed E-state index contributed by atoms with van der Waals surface area (Å²) < 4.78 is 6.27. The van der Waals surface area contributed by atoms with E-state index in [4.69, 9.17) is 27.7 Å². The van der Waals surface area contributed by atoms with Crippen LogP contribution in [0.2, 0.25) is 0 Å². The average Bonchev–Trinajstić information content (AvgIpc) is 2.31. The van der Waals surface area contributed by atoms with Crippen molar-refractivity contribution >= 4 is 0 Å². The van der Waals surface area contributed by atoms with Crippen LogP contribution in [0.25, 0.3) is 0 Å². The number of rotatable bonds is 10. The predicted molar refractivity (Wildman–Crippen MR) is 81.7 cm³/mol. The van der Waals surface area contributed by atoms with Gasteiger partial charge >= 0.3 is 0 Å². The van der Waals surface area contributed by atoms with Crippen molar-refractivity contribution < 1.29 is 4.74 Å². The van der Waals surface area contributed by atoms with Crippen molar-refractivity contribution in [2.75, 3.05) is 26.2 Å². The Hall–Kier alpha value is -0.200. The largest absolute Gasteiger partial charge is 0.370 e. The van der Waals surface area contributed by atoms with Gasteiger partial charge in [0.15, 0.2) is 0 Å². The third-order valence-electron chi connectivity index (χ3n) is 3.45. The van der Waals surface area contributed by atoms with E-state index in [1.807, 2.05) is 0 Å². The van der Waals surface area contributed by atoms with Gasteiger partial charge in [-0.2, -0.15) is 0 Å².